The fraction of sp³-hybridized carbons (Fsp3) is 0.150. The second-order valence-electron chi connectivity index (χ2n) is 5.62. The van der Waals surface area contributed by atoms with Crippen LogP contribution in [0.25, 0.3) is 6.08 Å². The summed E-state index contributed by atoms with van der Waals surface area (Å²) in [5.41, 5.74) is 7.15. The van der Waals surface area contributed by atoms with Crippen LogP contribution in [0.5, 0.6) is 11.5 Å². The van der Waals surface area contributed by atoms with Crippen LogP contribution in [0.4, 0.5) is 0 Å². The first-order valence-corrected chi connectivity index (χ1v) is 8.10. The Hall–Kier alpha value is -3.61. The maximum Gasteiger partial charge on any atom is 0.308 e. The van der Waals surface area contributed by atoms with Crippen LogP contribution < -0.4 is 20.5 Å². The van der Waals surface area contributed by atoms with Gasteiger partial charge in [0.1, 0.15) is 0 Å². The number of carbonyl (C=O) groups is 3. The van der Waals surface area contributed by atoms with Crippen molar-refractivity contribution in [1.29, 1.82) is 0 Å². The molecular formula is C20H20N2O5. The van der Waals surface area contributed by atoms with E-state index < -0.39 is 11.9 Å². The Morgan fingerprint density at radius 3 is 2.37 bits per heavy atom. The molecule has 2 rings (SSSR count). The molecular weight excluding hydrogens is 348 g/mol. The maximum atomic E-state index is 12.0. The molecule has 0 aromatic heterocycles. The number of nitrogens with two attached hydrogens (primary N) is 1. The van der Waals surface area contributed by atoms with Crippen molar-refractivity contribution in [2.24, 2.45) is 5.73 Å². The minimum atomic E-state index is -0.497. The summed E-state index contributed by atoms with van der Waals surface area (Å²) in [6, 6.07) is 11.6. The second kappa shape index (κ2) is 9.19. The highest BCUT2D eigenvalue weighted by atomic mass is 16.6. The minimum absolute atomic E-state index is 0.281. The Bertz CT molecular complexity index is 872. The Kier molecular flexibility index (Phi) is 6.71. The molecule has 27 heavy (non-hydrogen) atoms. The van der Waals surface area contributed by atoms with Crippen molar-refractivity contribution in [2.45, 2.75) is 13.5 Å². The summed E-state index contributed by atoms with van der Waals surface area (Å²) in [7, 11) is 1.46. The number of esters is 1. The summed E-state index contributed by atoms with van der Waals surface area (Å²) in [5, 5.41) is 2.74. The van der Waals surface area contributed by atoms with E-state index in [4.69, 9.17) is 15.2 Å². The molecule has 2 amide bonds. The van der Waals surface area contributed by atoms with Crippen molar-refractivity contribution in [3.63, 3.8) is 0 Å². The highest BCUT2D eigenvalue weighted by Crippen LogP contribution is 2.28. The number of rotatable bonds is 7. The number of hydrogen-bond donors (Lipinski definition) is 2. The van der Waals surface area contributed by atoms with Crippen LogP contribution in [0.1, 0.15) is 28.4 Å². The van der Waals surface area contributed by atoms with Gasteiger partial charge in [0.2, 0.25) is 11.8 Å². The number of benzene rings is 2. The SMILES string of the molecule is COc1cc(/C=C/C(=O)NCc2ccc(C(N)=O)cc2)ccc1OC(C)=O. The molecule has 0 saturated carbocycles. The topological polar surface area (TPSA) is 108 Å². The molecule has 7 nitrogen and oxygen atoms in total. The van der Waals surface area contributed by atoms with E-state index in [2.05, 4.69) is 5.32 Å². The minimum Gasteiger partial charge on any atom is -0.493 e. The molecule has 2 aromatic carbocycles. The molecule has 0 spiro atoms. The molecule has 0 aliphatic rings. The van der Waals surface area contributed by atoms with Crippen molar-refractivity contribution >= 4 is 23.9 Å². The first-order valence-electron chi connectivity index (χ1n) is 8.10. The van der Waals surface area contributed by atoms with Gasteiger partial charge in [0, 0.05) is 25.1 Å². The van der Waals surface area contributed by atoms with Gasteiger partial charge in [0.25, 0.3) is 0 Å². The van der Waals surface area contributed by atoms with Crippen LogP contribution in [0.3, 0.4) is 0 Å². The largest absolute Gasteiger partial charge is 0.493 e. The summed E-state index contributed by atoms with van der Waals surface area (Å²) >= 11 is 0. The molecule has 2 aromatic rings. The normalized spacial score (nSPS) is 10.4. The van der Waals surface area contributed by atoms with Crippen LogP contribution in [0.2, 0.25) is 0 Å². The summed E-state index contributed by atoms with van der Waals surface area (Å²) < 4.78 is 10.2. The van der Waals surface area contributed by atoms with Crippen molar-refractivity contribution in [1.82, 2.24) is 5.32 Å². The third-order valence-corrected chi connectivity index (χ3v) is 3.57. The van der Waals surface area contributed by atoms with Gasteiger partial charge in [-0.05, 0) is 41.5 Å². The van der Waals surface area contributed by atoms with Gasteiger partial charge in [-0.15, -0.1) is 0 Å². The molecule has 0 aliphatic carbocycles. The first-order chi connectivity index (χ1) is 12.9. The first kappa shape index (κ1) is 19.7. The van der Waals surface area contributed by atoms with E-state index in [0.717, 1.165) is 5.56 Å². The third kappa shape index (κ3) is 6.00. The molecule has 0 atom stereocenters. The zero-order valence-electron chi connectivity index (χ0n) is 15.0. The summed E-state index contributed by atoms with van der Waals surface area (Å²) in [6.45, 7) is 1.62. The summed E-state index contributed by atoms with van der Waals surface area (Å²) in [5.74, 6) is -0.520. The van der Waals surface area contributed by atoms with E-state index in [-0.39, 0.29) is 5.91 Å². The van der Waals surface area contributed by atoms with Crippen LogP contribution in [0.15, 0.2) is 48.5 Å². The molecule has 0 fully saturated rings. The Balaban J connectivity index is 1.95. The fourth-order valence-electron chi connectivity index (χ4n) is 2.23. The predicted octanol–water partition coefficient (Wildman–Crippen LogP) is 2.05. The van der Waals surface area contributed by atoms with Crippen molar-refractivity contribution in [3.8, 4) is 11.5 Å². The zero-order chi connectivity index (χ0) is 19.8. The lowest BCUT2D eigenvalue weighted by Gasteiger charge is -2.08. The smallest absolute Gasteiger partial charge is 0.308 e. The quantitative estimate of drug-likeness (QED) is 0.442. The lowest BCUT2D eigenvalue weighted by atomic mass is 10.1. The average Bonchev–Trinajstić information content (AvgIpc) is 2.65. The van der Waals surface area contributed by atoms with E-state index in [1.807, 2.05) is 0 Å². The van der Waals surface area contributed by atoms with Crippen molar-refractivity contribution in [3.05, 3.63) is 65.2 Å². The summed E-state index contributed by atoms with van der Waals surface area (Å²) in [6.07, 6.45) is 3.00. The lowest BCUT2D eigenvalue weighted by Crippen LogP contribution is -2.20. The molecule has 3 N–H and O–H groups in total. The van der Waals surface area contributed by atoms with Gasteiger partial charge in [0.05, 0.1) is 7.11 Å². The van der Waals surface area contributed by atoms with Crippen LogP contribution in [-0.4, -0.2) is 24.9 Å². The number of ether oxygens (including phenoxy) is 2. The Labute approximate surface area is 156 Å². The van der Waals surface area contributed by atoms with Crippen LogP contribution in [-0.2, 0) is 16.1 Å². The highest BCUT2D eigenvalue weighted by molar-refractivity contribution is 5.93. The number of amides is 2. The summed E-state index contributed by atoms with van der Waals surface area (Å²) in [4.78, 5) is 34.0. The molecule has 0 aliphatic heterocycles. The predicted molar refractivity (Wildman–Crippen MR) is 100 cm³/mol. The molecule has 0 heterocycles. The van der Waals surface area contributed by atoms with E-state index in [1.54, 1.807) is 48.5 Å². The molecule has 0 saturated heterocycles. The Morgan fingerprint density at radius 1 is 1.07 bits per heavy atom. The number of carbonyl (C=O) groups excluding carboxylic acids is 3. The van der Waals surface area contributed by atoms with E-state index in [1.165, 1.54) is 20.1 Å². The monoisotopic (exact) mass is 368 g/mol. The van der Waals surface area contributed by atoms with Crippen LogP contribution in [0, 0.1) is 0 Å². The van der Waals surface area contributed by atoms with Gasteiger partial charge >= 0.3 is 5.97 Å². The molecule has 0 bridgehead atoms. The van der Waals surface area contributed by atoms with Gasteiger partial charge in [-0.3, -0.25) is 14.4 Å². The van der Waals surface area contributed by atoms with E-state index in [9.17, 15) is 14.4 Å². The average molecular weight is 368 g/mol. The standard InChI is InChI=1S/C20H20N2O5/c1-13(23)27-17-9-5-14(11-18(17)26-2)6-10-19(24)22-12-15-3-7-16(8-4-15)20(21)25/h3-11H,12H2,1-2H3,(H2,21,25)(H,22,24)/b10-6+. The van der Waals surface area contributed by atoms with E-state index >= 15 is 0 Å². The fourth-order valence-corrected chi connectivity index (χ4v) is 2.23. The van der Waals surface area contributed by atoms with Crippen molar-refractivity contribution in [2.75, 3.05) is 7.11 Å². The maximum absolute atomic E-state index is 12.0. The van der Waals surface area contributed by atoms with Gasteiger partial charge < -0.3 is 20.5 Å². The molecule has 0 unspecified atom stereocenters. The van der Waals surface area contributed by atoms with Crippen molar-refractivity contribution < 1.29 is 23.9 Å². The molecule has 140 valence electrons. The van der Waals surface area contributed by atoms with Crippen LogP contribution >= 0.6 is 0 Å². The van der Waals surface area contributed by atoms with Gasteiger partial charge in [0.15, 0.2) is 11.5 Å². The number of nitrogens with one attached hydrogen (secondary N) is 1. The van der Waals surface area contributed by atoms with Gasteiger partial charge in [-0.25, -0.2) is 0 Å². The van der Waals surface area contributed by atoms with Gasteiger partial charge in [-0.2, -0.15) is 0 Å². The van der Waals surface area contributed by atoms with E-state index in [0.29, 0.717) is 29.2 Å². The number of methoxy groups -OCH3 is 1. The third-order valence-electron chi connectivity index (χ3n) is 3.57. The Morgan fingerprint density at radius 2 is 1.78 bits per heavy atom. The van der Waals surface area contributed by atoms with Gasteiger partial charge in [-0.1, -0.05) is 18.2 Å². The molecule has 0 radical (unpaired) electrons. The number of primary amides is 1. The second-order valence-corrected chi connectivity index (χ2v) is 5.62. The molecule has 7 heteroatoms. The number of hydrogen-bond acceptors (Lipinski definition) is 5. The highest BCUT2D eigenvalue weighted by Gasteiger charge is 2.07. The lowest BCUT2D eigenvalue weighted by molar-refractivity contribution is -0.132. The zero-order valence-corrected chi connectivity index (χ0v) is 15.0.